The molecular formula is C15H15BrN2O2. The highest BCUT2D eigenvalue weighted by Crippen LogP contribution is 2.24. The van der Waals surface area contributed by atoms with E-state index in [9.17, 15) is 9.90 Å². The molecule has 104 valence electrons. The van der Waals surface area contributed by atoms with E-state index in [1.807, 2.05) is 6.07 Å². The maximum atomic E-state index is 12.2. The number of anilines is 2. The topological polar surface area (TPSA) is 75.3 Å². The van der Waals surface area contributed by atoms with Crippen molar-refractivity contribution in [1.29, 1.82) is 0 Å². The van der Waals surface area contributed by atoms with E-state index in [0.717, 1.165) is 4.47 Å². The zero-order valence-electron chi connectivity index (χ0n) is 10.9. The standard InChI is InChI=1S/C15H15BrN2O2/c1-9(19)11-4-2-3-5-14(11)18-15(20)10-6-7-12(16)13(17)8-10/h2-9,19H,17H2,1H3,(H,18,20). The number of aliphatic hydroxyl groups is 1. The molecule has 2 aromatic rings. The highest BCUT2D eigenvalue weighted by Gasteiger charge is 2.12. The van der Waals surface area contributed by atoms with Crippen LogP contribution in [-0.4, -0.2) is 11.0 Å². The van der Waals surface area contributed by atoms with Crippen LogP contribution in [0, 0.1) is 0 Å². The summed E-state index contributed by atoms with van der Waals surface area (Å²) >= 11 is 3.29. The molecule has 2 aromatic carbocycles. The number of benzene rings is 2. The van der Waals surface area contributed by atoms with Gasteiger partial charge in [-0.15, -0.1) is 0 Å². The highest BCUT2D eigenvalue weighted by molar-refractivity contribution is 9.10. The molecule has 1 atom stereocenters. The minimum atomic E-state index is -0.651. The van der Waals surface area contributed by atoms with Gasteiger partial charge in [-0.1, -0.05) is 18.2 Å². The molecule has 4 nitrogen and oxygen atoms in total. The lowest BCUT2D eigenvalue weighted by Gasteiger charge is -2.13. The first-order chi connectivity index (χ1) is 9.49. The van der Waals surface area contributed by atoms with Gasteiger partial charge in [-0.05, 0) is 47.1 Å². The summed E-state index contributed by atoms with van der Waals surface area (Å²) in [7, 11) is 0. The van der Waals surface area contributed by atoms with Crippen molar-refractivity contribution in [1.82, 2.24) is 0 Å². The quantitative estimate of drug-likeness (QED) is 0.753. The number of hydrogen-bond donors (Lipinski definition) is 3. The SMILES string of the molecule is CC(O)c1ccccc1NC(=O)c1ccc(Br)c(N)c1. The number of carbonyl (C=O) groups excluding carboxylic acids is 1. The van der Waals surface area contributed by atoms with E-state index in [4.69, 9.17) is 5.73 Å². The Morgan fingerprint density at radius 3 is 2.65 bits per heavy atom. The van der Waals surface area contributed by atoms with Gasteiger partial charge in [0.1, 0.15) is 0 Å². The Kier molecular flexibility index (Phi) is 4.42. The lowest BCUT2D eigenvalue weighted by Crippen LogP contribution is -2.14. The van der Waals surface area contributed by atoms with E-state index in [0.29, 0.717) is 22.5 Å². The Bertz CT molecular complexity index is 642. The van der Waals surface area contributed by atoms with Crippen LogP contribution < -0.4 is 11.1 Å². The number of halogens is 1. The van der Waals surface area contributed by atoms with Crippen molar-refractivity contribution in [3.63, 3.8) is 0 Å². The summed E-state index contributed by atoms with van der Waals surface area (Å²) in [5.41, 5.74) is 7.99. The van der Waals surface area contributed by atoms with Gasteiger partial charge in [-0.3, -0.25) is 4.79 Å². The molecule has 0 aliphatic carbocycles. The maximum Gasteiger partial charge on any atom is 0.255 e. The number of nitrogens with two attached hydrogens (primary N) is 1. The highest BCUT2D eigenvalue weighted by atomic mass is 79.9. The summed E-state index contributed by atoms with van der Waals surface area (Å²) in [6, 6.07) is 12.2. The molecule has 4 N–H and O–H groups in total. The molecule has 0 spiro atoms. The number of hydrogen-bond acceptors (Lipinski definition) is 3. The van der Waals surface area contributed by atoms with Gasteiger partial charge in [0.2, 0.25) is 0 Å². The predicted molar refractivity (Wildman–Crippen MR) is 83.6 cm³/mol. The molecule has 5 heteroatoms. The van der Waals surface area contributed by atoms with Crippen LogP contribution in [0.5, 0.6) is 0 Å². The number of amides is 1. The summed E-state index contributed by atoms with van der Waals surface area (Å²) < 4.78 is 0.749. The average Bonchev–Trinajstić information content (AvgIpc) is 2.42. The predicted octanol–water partition coefficient (Wildman–Crippen LogP) is 3.34. The van der Waals surface area contributed by atoms with Crippen molar-refractivity contribution in [2.24, 2.45) is 0 Å². The summed E-state index contributed by atoms with van der Waals surface area (Å²) in [6.45, 7) is 1.66. The zero-order chi connectivity index (χ0) is 14.7. The van der Waals surface area contributed by atoms with E-state index in [-0.39, 0.29) is 5.91 Å². The van der Waals surface area contributed by atoms with Crippen LogP contribution in [0.15, 0.2) is 46.9 Å². The van der Waals surface area contributed by atoms with Gasteiger partial charge in [0.25, 0.3) is 5.91 Å². The molecule has 0 radical (unpaired) electrons. The third kappa shape index (κ3) is 3.18. The van der Waals surface area contributed by atoms with Gasteiger partial charge < -0.3 is 16.2 Å². The lowest BCUT2D eigenvalue weighted by atomic mass is 10.1. The zero-order valence-corrected chi connectivity index (χ0v) is 12.5. The van der Waals surface area contributed by atoms with Crippen LogP contribution >= 0.6 is 15.9 Å². The summed E-state index contributed by atoms with van der Waals surface area (Å²) in [6.07, 6.45) is -0.651. The van der Waals surface area contributed by atoms with E-state index in [1.54, 1.807) is 43.3 Å². The van der Waals surface area contributed by atoms with E-state index >= 15 is 0 Å². The third-order valence-corrected chi connectivity index (χ3v) is 3.64. The largest absolute Gasteiger partial charge is 0.398 e. The minimum Gasteiger partial charge on any atom is -0.398 e. The molecule has 0 bridgehead atoms. The van der Waals surface area contributed by atoms with Crippen molar-refractivity contribution >= 4 is 33.2 Å². The van der Waals surface area contributed by atoms with Gasteiger partial charge in [-0.2, -0.15) is 0 Å². The molecule has 0 saturated heterocycles. The van der Waals surface area contributed by atoms with Gasteiger partial charge in [-0.25, -0.2) is 0 Å². The van der Waals surface area contributed by atoms with Crippen molar-refractivity contribution in [3.05, 3.63) is 58.1 Å². The van der Waals surface area contributed by atoms with Crippen molar-refractivity contribution < 1.29 is 9.90 Å². The normalized spacial score (nSPS) is 11.9. The maximum absolute atomic E-state index is 12.2. The molecule has 1 unspecified atom stereocenters. The number of nitrogen functional groups attached to an aromatic ring is 1. The first-order valence-corrected chi connectivity index (χ1v) is 6.91. The smallest absolute Gasteiger partial charge is 0.255 e. The first-order valence-electron chi connectivity index (χ1n) is 6.12. The number of rotatable bonds is 3. The van der Waals surface area contributed by atoms with Crippen LogP contribution in [0.25, 0.3) is 0 Å². The molecule has 0 saturated carbocycles. The van der Waals surface area contributed by atoms with E-state index < -0.39 is 6.10 Å². The summed E-state index contributed by atoms with van der Waals surface area (Å²) in [5.74, 6) is -0.266. The minimum absolute atomic E-state index is 0.266. The molecule has 0 fully saturated rings. The number of para-hydroxylation sites is 1. The third-order valence-electron chi connectivity index (χ3n) is 2.92. The van der Waals surface area contributed by atoms with Gasteiger partial charge in [0, 0.05) is 27.0 Å². The van der Waals surface area contributed by atoms with Crippen molar-refractivity contribution in [3.8, 4) is 0 Å². The number of nitrogens with one attached hydrogen (secondary N) is 1. The van der Waals surface area contributed by atoms with Gasteiger partial charge >= 0.3 is 0 Å². The fraction of sp³-hybridized carbons (Fsp3) is 0.133. The van der Waals surface area contributed by atoms with E-state index in [1.165, 1.54) is 0 Å². The van der Waals surface area contributed by atoms with Crippen molar-refractivity contribution in [2.75, 3.05) is 11.1 Å². The second kappa shape index (κ2) is 6.07. The molecule has 0 aliphatic rings. The fourth-order valence-corrected chi connectivity index (χ4v) is 2.10. The summed E-state index contributed by atoms with van der Waals surface area (Å²) in [4.78, 5) is 12.2. The number of aliphatic hydroxyl groups excluding tert-OH is 1. The lowest BCUT2D eigenvalue weighted by molar-refractivity contribution is 0.102. The van der Waals surface area contributed by atoms with Gasteiger partial charge in [0.05, 0.1) is 6.10 Å². The Balaban J connectivity index is 2.26. The van der Waals surface area contributed by atoms with Crippen LogP contribution in [0.3, 0.4) is 0 Å². The van der Waals surface area contributed by atoms with Gasteiger partial charge in [0.15, 0.2) is 0 Å². The first kappa shape index (κ1) is 14.6. The monoisotopic (exact) mass is 334 g/mol. The molecule has 1 amide bonds. The van der Waals surface area contributed by atoms with Crippen LogP contribution in [0.4, 0.5) is 11.4 Å². The molecule has 0 aliphatic heterocycles. The Hall–Kier alpha value is -1.85. The van der Waals surface area contributed by atoms with E-state index in [2.05, 4.69) is 21.2 Å². The summed E-state index contributed by atoms with van der Waals surface area (Å²) in [5, 5.41) is 12.5. The Morgan fingerprint density at radius 2 is 2.00 bits per heavy atom. The second-order valence-electron chi connectivity index (χ2n) is 4.45. The van der Waals surface area contributed by atoms with Crippen LogP contribution in [-0.2, 0) is 0 Å². The van der Waals surface area contributed by atoms with Crippen LogP contribution in [0.1, 0.15) is 28.9 Å². The van der Waals surface area contributed by atoms with Crippen molar-refractivity contribution in [2.45, 2.75) is 13.0 Å². The molecule has 0 aromatic heterocycles. The Morgan fingerprint density at radius 1 is 1.30 bits per heavy atom. The van der Waals surface area contributed by atoms with Crippen LogP contribution in [0.2, 0.25) is 0 Å². The molecule has 20 heavy (non-hydrogen) atoms. The fourth-order valence-electron chi connectivity index (χ4n) is 1.85. The Labute approximate surface area is 125 Å². The second-order valence-corrected chi connectivity index (χ2v) is 5.31. The molecule has 0 heterocycles. The average molecular weight is 335 g/mol. The molecular weight excluding hydrogens is 320 g/mol. The molecule has 2 rings (SSSR count). The number of carbonyl (C=O) groups is 1.